The Kier molecular flexibility index (Phi) is 7.70. The number of guanidine groups is 1. The summed E-state index contributed by atoms with van der Waals surface area (Å²) in [5, 5.41) is 17.1. The van der Waals surface area contributed by atoms with E-state index < -0.39 is 6.10 Å². The van der Waals surface area contributed by atoms with Gasteiger partial charge in [0.2, 0.25) is 0 Å². The van der Waals surface area contributed by atoms with Crippen LogP contribution in [-0.2, 0) is 6.42 Å². The van der Waals surface area contributed by atoms with Gasteiger partial charge in [0.25, 0.3) is 0 Å². The summed E-state index contributed by atoms with van der Waals surface area (Å²) in [7, 11) is 0. The summed E-state index contributed by atoms with van der Waals surface area (Å²) in [6, 6.07) is 13.6. The third-order valence-electron chi connectivity index (χ3n) is 3.65. The van der Waals surface area contributed by atoms with Crippen LogP contribution in [0.25, 0.3) is 0 Å². The highest BCUT2D eigenvalue weighted by atomic mass is 35.5. The number of aliphatic hydroxyl groups excluding tert-OH is 1. The van der Waals surface area contributed by atoms with Crippen molar-refractivity contribution in [3.05, 3.63) is 70.5 Å². The van der Waals surface area contributed by atoms with E-state index in [2.05, 4.69) is 15.6 Å². The lowest BCUT2D eigenvalue weighted by atomic mass is 10.1. The van der Waals surface area contributed by atoms with Crippen LogP contribution in [0.2, 0.25) is 5.02 Å². The van der Waals surface area contributed by atoms with Crippen LogP contribution in [0.5, 0.6) is 0 Å². The maximum Gasteiger partial charge on any atom is 0.191 e. The van der Waals surface area contributed by atoms with Gasteiger partial charge in [0.1, 0.15) is 11.9 Å². The second-order valence-electron chi connectivity index (χ2n) is 5.56. The van der Waals surface area contributed by atoms with Gasteiger partial charge in [-0.05, 0) is 37.1 Å². The normalized spacial score (nSPS) is 12.7. The third kappa shape index (κ3) is 6.36. The number of benzene rings is 2. The molecule has 4 nitrogen and oxygen atoms in total. The molecule has 0 aromatic heterocycles. The second-order valence-corrected chi connectivity index (χ2v) is 5.97. The van der Waals surface area contributed by atoms with E-state index in [0.717, 1.165) is 12.0 Å². The fourth-order valence-electron chi connectivity index (χ4n) is 2.34. The highest BCUT2D eigenvalue weighted by Gasteiger charge is 2.10. The Balaban J connectivity index is 1.89. The van der Waals surface area contributed by atoms with Gasteiger partial charge in [0.05, 0.1) is 6.54 Å². The van der Waals surface area contributed by atoms with Crippen molar-refractivity contribution in [3.8, 4) is 0 Å². The summed E-state index contributed by atoms with van der Waals surface area (Å²) in [5.41, 5.74) is 1.70. The molecule has 0 heterocycles. The molecule has 0 radical (unpaired) electrons. The summed E-state index contributed by atoms with van der Waals surface area (Å²) >= 11 is 6.09. The van der Waals surface area contributed by atoms with Gasteiger partial charge in [-0.25, -0.2) is 4.39 Å². The van der Waals surface area contributed by atoms with Crippen molar-refractivity contribution in [2.24, 2.45) is 4.99 Å². The van der Waals surface area contributed by atoms with E-state index in [4.69, 9.17) is 11.6 Å². The summed E-state index contributed by atoms with van der Waals surface area (Å²) in [5.74, 6) is 0.385. The van der Waals surface area contributed by atoms with Crippen LogP contribution < -0.4 is 10.6 Å². The Morgan fingerprint density at radius 1 is 1.16 bits per heavy atom. The maximum absolute atomic E-state index is 12.9. The van der Waals surface area contributed by atoms with Crippen LogP contribution in [0, 0.1) is 5.82 Å². The Morgan fingerprint density at radius 3 is 2.56 bits per heavy atom. The van der Waals surface area contributed by atoms with E-state index >= 15 is 0 Å². The van der Waals surface area contributed by atoms with Gasteiger partial charge >= 0.3 is 0 Å². The number of nitrogens with one attached hydrogen (secondary N) is 2. The van der Waals surface area contributed by atoms with E-state index in [1.54, 1.807) is 24.3 Å². The van der Waals surface area contributed by atoms with E-state index in [9.17, 15) is 9.50 Å². The fraction of sp³-hybridized carbons (Fsp3) is 0.316. The largest absolute Gasteiger partial charge is 0.386 e. The molecule has 6 heteroatoms. The van der Waals surface area contributed by atoms with Gasteiger partial charge in [-0.1, -0.05) is 41.9 Å². The van der Waals surface area contributed by atoms with Crippen molar-refractivity contribution in [3.63, 3.8) is 0 Å². The summed E-state index contributed by atoms with van der Waals surface area (Å²) in [6.07, 6.45) is -0.0149. The Hall–Kier alpha value is -2.11. The van der Waals surface area contributed by atoms with Gasteiger partial charge in [0.15, 0.2) is 5.96 Å². The van der Waals surface area contributed by atoms with Gasteiger partial charge in [0, 0.05) is 23.7 Å². The summed E-state index contributed by atoms with van der Waals surface area (Å²) in [6.45, 7) is 3.54. The number of nitrogens with zero attached hydrogens (tertiary/aromatic N) is 1. The van der Waals surface area contributed by atoms with E-state index in [-0.39, 0.29) is 12.4 Å². The Bertz CT molecular complexity index is 691. The SMILES string of the molecule is CCNC(=NCC(O)c1ccccc1Cl)NCCc1ccc(F)cc1. The van der Waals surface area contributed by atoms with Crippen molar-refractivity contribution in [1.29, 1.82) is 0 Å². The molecule has 2 aromatic carbocycles. The predicted octanol–water partition coefficient (Wildman–Crippen LogP) is 3.31. The molecule has 0 saturated carbocycles. The predicted molar refractivity (Wildman–Crippen MR) is 100 cm³/mol. The first-order valence-corrected chi connectivity index (χ1v) is 8.67. The first-order valence-electron chi connectivity index (χ1n) is 8.29. The van der Waals surface area contributed by atoms with Crippen LogP contribution in [0.4, 0.5) is 4.39 Å². The van der Waals surface area contributed by atoms with Crippen LogP contribution in [0.3, 0.4) is 0 Å². The number of aliphatic imine (C=N–C) groups is 1. The van der Waals surface area contributed by atoms with Crippen molar-refractivity contribution in [1.82, 2.24) is 10.6 Å². The minimum atomic E-state index is -0.763. The molecule has 134 valence electrons. The molecule has 1 atom stereocenters. The molecule has 2 aromatic rings. The summed E-state index contributed by atoms with van der Waals surface area (Å²) in [4.78, 5) is 4.40. The molecule has 2 rings (SSSR count). The van der Waals surface area contributed by atoms with Crippen molar-refractivity contribution in [2.45, 2.75) is 19.4 Å². The molecule has 1 unspecified atom stereocenters. The van der Waals surface area contributed by atoms with Crippen molar-refractivity contribution in [2.75, 3.05) is 19.6 Å². The quantitative estimate of drug-likeness (QED) is 0.522. The standard InChI is InChI=1S/C19H23ClFN3O/c1-2-22-19(23-12-11-14-7-9-15(21)10-8-14)24-13-18(25)16-5-3-4-6-17(16)20/h3-10,18,25H,2,11-13H2,1H3,(H2,22,23,24). The molecule has 25 heavy (non-hydrogen) atoms. The Labute approximate surface area is 152 Å². The van der Waals surface area contributed by atoms with Crippen molar-refractivity contribution < 1.29 is 9.50 Å². The zero-order valence-electron chi connectivity index (χ0n) is 14.2. The fourth-order valence-corrected chi connectivity index (χ4v) is 2.60. The lowest BCUT2D eigenvalue weighted by Gasteiger charge is -2.14. The number of rotatable bonds is 7. The molecule has 0 aliphatic carbocycles. The van der Waals surface area contributed by atoms with Crippen LogP contribution in [-0.4, -0.2) is 30.7 Å². The van der Waals surface area contributed by atoms with Crippen molar-refractivity contribution >= 4 is 17.6 Å². The molecule has 0 amide bonds. The van der Waals surface area contributed by atoms with Crippen LogP contribution in [0.1, 0.15) is 24.2 Å². The highest BCUT2D eigenvalue weighted by molar-refractivity contribution is 6.31. The number of aliphatic hydroxyl groups is 1. The number of halogens is 2. The maximum atomic E-state index is 12.9. The third-order valence-corrected chi connectivity index (χ3v) is 3.99. The van der Waals surface area contributed by atoms with Crippen LogP contribution >= 0.6 is 11.6 Å². The average molecular weight is 364 g/mol. The lowest BCUT2D eigenvalue weighted by Crippen LogP contribution is -2.38. The molecule has 0 spiro atoms. The highest BCUT2D eigenvalue weighted by Crippen LogP contribution is 2.22. The van der Waals surface area contributed by atoms with Gasteiger partial charge in [-0.3, -0.25) is 4.99 Å². The molecular weight excluding hydrogens is 341 g/mol. The first kappa shape index (κ1) is 19.2. The van der Waals surface area contributed by atoms with Gasteiger partial charge in [-0.2, -0.15) is 0 Å². The van der Waals surface area contributed by atoms with E-state index in [1.807, 2.05) is 19.1 Å². The zero-order chi connectivity index (χ0) is 18.1. The van der Waals surface area contributed by atoms with E-state index in [0.29, 0.717) is 29.6 Å². The zero-order valence-corrected chi connectivity index (χ0v) is 14.9. The summed E-state index contributed by atoms with van der Waals surface area (Å²) < 4.78 is 12.9. The molecule has 0 saturated heterocycles. The topological polar surface area (TPSA) is 56.7 Å². The Morgan fingerprint density at radius 2 is 1.88 bits per heavy atom. The van der Waals surface area contributed by atoms with Crippen LogP contribution in [0.15, 0.2) is 53.5 Å². The lowest BCUT2D eigenvalue weighted by molar-refractivity contribution is 0.187. The monoisotopic (exact) mass is 363 g/mol. The number of hydrogen-bond acceptors (Lipinski definition) is 2. The van der Waals surface area contributed by atoms with E-state index in [1.165, 1.54) is 12.1 Å². The molecule has 0 fully saturated rings. The first-order chi connectivity index (χ1) is 12.1. The molecule has 0 bridgehead atoms. The minimum Gasteiger partial charge on any atom is -0.386 e. The molecule has 3 N–H and O–H groups in total. The average Bonchev–Trinajstić information content (AvgIpc) is 2.61. The van der Waals surface area contributed by atoms with Gasteiger partial charge < -0.3 is 15.7 Å². The van der Waals surface area contributed by atoms with Gasteiger partial charge in [-0.15, -0.1) is 0 Å². The molecule has 0 aliphatic rings. The smallest absolute Gasteiger partial charge is 0.191 e. The minimum absolute atomic E-state index is 0.204. The second kappa shape index (κ2) is 10.0. The molecule has 0 aliphatic heterocycles. The number of hydrogen-bond donors (Lipinski definition) is 3. The molecular formula is C19H23ClFN3O.